The first-order valence-electron chi connectivity index (χ1n) is 7.98. The van der Waals surface area contributed by atoms with Gasteiger partial charge in [0.25, 0.3) is 0 Å². The Labute approximate surface area is 134 Å². The maximum absolute atomic E-state index is 4.72. The van der Waals surface area contributed by atoms with Crippen LogP contribution in [0.4, 0.5) is 0 Å². The quantitative estimate of drug-likeness (QED) is 0.941. The second-order valence-electron chi connectivity index (χ2n) is 6.43. The summed E-state index contributed by atoms with van der Waals surface area (Å²) in [5.41, 5.74) is 1.71. The van der Waals surface area contributed by atoms with E-state index in [1.54, 1.807) is 23.7 Å². The highest BCUT2D eigenvalue weighted by molar-refractivity contribution is 7.13. The minimum Gasteiger partial charge on any atom is -0.317 e. The van der Waals surface area contributed by atoms with Crippen LogP contribution in [-0.4, -0.2) is 46.0 Å². The molecule has 0 unspecified atom stereocenters. The Bertz CT molecular complexity index is 620. The number of rotatable bonds is 3. The number of piperidine rings is 1. The van der Waals surface area contributed by atoms with Crippen LogP contribution in [0.3, 0.4) is 0 Å². The van der Waals surface area contributed by atoms with E-state index in [4.69, 9.17) is 4.98 Å². The van der Waals surface area contributed by atoms with Gasteiger partial charge in [0.2, 0.25) is 0 Å². The van der Waals surface area contributed by atoms with Gasteiger partial charge in [-0.1, -0.05) is 0 Å². The third kappa shape index (κ3) is 2.91. The zero-order valence-electron chi connectivity index (χ0n) is 12.7. The van der Waals surface area contributed by atoms with Gasteiger partial charge in [0.15, 0.2) is 10.8 Å². The summed E-state index contributed by atoms with van der Waals surface area (Å²) in [6, 6.07) is 1.83. The maximum atomic E-state index is 4.72. The van der Waals surface area contributed by atoms with Crippen LogP contribution in [0.2, 0.25) is 0 Å². The van der Waals surface area contributed by atoms with E-state index in [2.05, 4.69) is 25.6 Å². The highest BCUT2D eigenvalue weighted by atomic mass is 32.1. The number of thiazole rings is 1. The van der Waals surface area contributed by atoms with Gasteiger partial charge in [-0.3, -0.25) is 4.90 Å². The molecule has 2 saturated heterocycles. The minimum atomic E-state index is 0.562. The maximum Gasteiger partial charge on any atom is 0.188 e. The molecule has 22 heavy (non-hydrogen) atoms. The molecule has 1 spiro atoms. The SMILES string of the molecule is c1cnc(-c2nc(CN3CCC4(CCNCC4)C3)cs2)nc1. The average Bonchev–Trinajstić information content (AvgIpc) is 3.17. The first kappa shape index (κ1) is 14.2. The Hall–Kier alpha value is -1.37. The van der Waals surface area contributed by atoms with Gasteiger partial charge in [-0.25, -0.2) is 15.0 Å². The molecule has 2 aliphatic rings. The predicted octanol–water partition coefficient (Wildman–Crippen LogP) is 2.18. The molecule has 2 aliphatic heterocycles. The summed E-state index contributed by atoms with van der Waals surface area (Å²) in [7, 11) is 0. The van der Waals surface area contributed by atoms with Crippen LogP contribution in [0.5, 0.6) is 0 Å². The number of hydrogen-bond donors (Lipinski definition) is 1. The van der Waals surface area contributed by atoms with E-state index in [1.807, 2.05) is 6.07 Å². The fourth-order valence-electron chi connectivity index (χ4n) is 3.65. The molecule has 2 aromatic heterocycles. The summed E-state index contributed by atoms with van der Waals surface area (Å²) >= 11 is 1.64. The van der Waals surface area contributed by atoms with Crippen molar-refractivity contribution in [1.82, 2.24) is 25.2 Å². The van der Waals surface area contributed by atoms with Gasteiger partial charge < -0.3 is 5.32 Å². The van der Waals surface area contributed by atoms with Crippen LogP contribution in [0, 0.1) is 5.41 Å². The first-order valence-corrected chi connectivity index (χ1v) is 8.86. The Morgan fingerprint density at radius 2 is 2.00 bits per heavy atom. The zero-order valence-corrected chi connectivity index (χ0v) is 13.5. The third-order valence-electron chi connectivity index (χ3n) is 4.88. The lowest BCUT2D eigenvalue weighted by molar-refractivity contribution is 0.193. The molecular weight excluding hydrogens is 294 g/mol. The zero-order chi connectivity index (χ0) is 14.8. The van der Waals surface area contributed by atoms with Crippen LogP contribution in [0.15, 0.2) is 23.8 Å². The van der Waals surface area contributed by atoms with Crippen LogP contribution in [-0.2, 0) is 6.54 Å². The van der Waals surface area contributed by atoms with Gasteiger partial charge >= 0.3 is 0 Å². The van der Waals surface area contributed by atoms with E-state index in [0.717, 1.165) is 23.1 Å². The second-order valence-corrected chi connectivity index (χ2v) is 7.29. The lowest BCUT2D eigenvalue weighted by atomic mass is 9.78. The van der Waals surface area contributed by atoms with E-state index >= 15 is 0 Å². The van der Waals surface area contributed by atoms with Crippen LogP contribution in [0.25, 0.3) is 10.8 Å². The monoisotopic (exact) mass is 315 g/mol. The van der Waals surface area contributed by atoms with E-state index in [1.165, 1.54) is 45.4 Å². The highest BCUT2D eigenvalue weighted by Gasteiger charge is 2.38. The largest absolute Gasteiger partial charge is 0.317 e. The van der Waals surface area contributed by atoms with Crippen molar-refractivity contribution >= 4 is 11.3 Å². The van der Waals surface area contributed by atoms with E-state index in [9.17, 15) is 0 Å². The second kappa shape index (κ2) is 6.02. The standard InChI is InChI=1S/C16H21N5S/c1-5-18-14(19-6-1)15-20-13(11-22-15)10-21-9-4-16(12-21)2-7-17-8-3-16/h1,5-6,11,17H,2-4,7-10,12H2. The molecule has 0 atom stereocenters. The van der Waals surface area contributed by atoms with Gasteiger partial charge in [0, 0.05) is 30.9 Å². The molecule has 0 radical (unpaired) electrons. The molecule has 6 heteroatoms. The number of hydrogen-bond acceptors (Lipinski definition) is 6. The average molecular weight is 315 g/mol. The summed E-state index contributed by atoms with van der Waals surface area (Å²) in [5.74, 6) is 0.731. The topological polar surface area (TPSA) is 53.9 Å². The number of nitrogens with one attached hydrogen (secondary N) is 1. The number of aromatic nitrogens is 3. The van der Waals surface area contributed by atoms with Crippen LogP contribution in [0.1, 0.15) is 25.0 Å². The highest BCUT2D eigenvalue weighted by Crippen LogP contribution is 2.39. The summed E-state index contributed by atoms with van der Waals surface area (Å²) in [5, 5.41) is 6.55. The molecule has 0 saturated carbocycles. The Morgan fingerprint density at radius 3 is 2.82 bits per heavy atom. The molecule has 4 heterocycles. The van der Waals surface area contributed by atoms with Crippen LogP contribution < -0.4 is 5.32 Å². The van der Waals surface area contributed by atoms with Gasteiger partial charge in [-0.05, 0) is 50.4 Å². The van der Waals surface area contributed by atoms with Gasteiger partial charge in [-0.2, -0.15) is 0 Å². The molecular formula is C16H21N5S. The molecule has 116 valence electrons. The fraction of sp³-hybridized carbons (Fsp3) is 0.562. The minimum absolute atomic E-state index is 0.562. The summed E-state index contributed by atoms with van der Waals surface area (Å²) < 4.78 is 0. The van der Waals surface area contributed by atoms with Gasteiger partial charge in [0.1, 0.15) is 0 Å². The summed E-state index contributed by atoms with van der Waals surface area (Å²) in [6.07, 6.45) is 7.52. The molecule has 0 bridgehead atoms. The lowest BCUT2D eigenvalue weighted by Gasteiger charge is -2.33. The van der Waals surface area contributed by atoms with E-state index < -0.39 is 0 Å². The molecule has 0 aliphatic carbocycles. The number of likely N-dealkylation sites (tertiary alicyclic amines) is 1. The molecule has 0 amide bonds. The lowest BCUT2D eigenvalue weighted by Crippen LogP contribution is -2.38. The van der Waals surface area contributed by atoms with Crippen molar-refractivity contribution in [3.8, 4) is 10.8 Å². The van der Waals surface area contributed by atoms with Gasteiger partial charge in [-0.15, -0.1) is 11.3 Å². The van der Waals surface area contributed by atoms with Crippen molar-refractivity contribution < 1.29 is 0 Å². The first-order chi connectivity index (χ1) is 10.8. The van der Waals surface area contributed by atoms with E-state index in [0.29, 0.717) is 5.41 Å². The molecule has 2 fully saturated rings. The third-order valence-corrected chi connectivity index (χ3v) is 5.76. The molecule has 2 aromatic rings. The van der Waals surface area contributed by atoms with Crippen molar-refractivity contribution in [3.63, 3.8) is 0 Å². The summed E-state index contributed by atoms with van der Waals surface area (Å²) in [6.45, 7) is 5.75. The molecule has 5 nitrogen and oxygen atoms in total. The number of nitrogens with zero attached hydrogens (tertiary/aromatic N) is 4. The molecule has 0 aromatic carbocycles. The smallest absolute Gasteiger partial charge is 0.188 e. The molecule has 1 N–H and O–H groups in total. The van der Waals surface area contributed by atoms with Crippen molar-refractivity contribution in [2.45, 2.75) is 25.8 Å². The van der Waals surface area contributed by atoms with E-state index in [-0.39, 0.29) is 0 Å². The summed E-state index contributed by atoms with van der Waals surface area (Å²) in [4.78, 5) is 15.8. The molecule has 4 rings (SSSR count). The van der Waals surface area contributed by atoms with Crippen molar-refractivity contribution in [1.29, 1.82) is 0 Å². The van der Waals surface area contributed by atoms with Crippen molar-refractivity contribution in [2.75, 3.05) is 26.2 Å². The van der Waals surface area contributed by atoms with Crippen LogP contribution >= 0.6 is 11.3 Å². The van der Waals surface area contributed by atoms with Crippen molar-refractivity contribution in [3.05, 3.63) is 29.5 Å². The van der Waals surface area contributed by atoms with Crippen molar-refractivity contribution in [2.24, 2.45) is 5.41 Å². The predicted molar refractivity (Wildman–Crippen MR) is 87.6 cm³/mol. The van der Waals surface area contributed by atoms with Gasteiger partial charge in [0.05, 0.1) is 5.69 Å². The fourth-order valence-corrected chi connectivity index (χ4v) is 4.40. The Kier molecular flexibility index (Phi) is 3.90. The Balaban J connectivity index is 1.41. The normalized spacial score (nSPS) is 21.5. The Morgan fingerprint density at radius 1 is 1.18 bits per heavy atom.